The van der Waals surface area contributed by atoms with Gasteiger partial charge >= 0.3 is 0 Å². The van der Waals surface area contributed by atoms with Crippen molar-refractivity contribution in [1.29, 1.82) is 0 Å². The Kier molecular flexibility index (Phi) is 6.44. The van der Waals surface area contributed by atoms with E-state index in [1.165, 1.54) is 0 Å². The molecule has 2 aliphatic rings. The summed E-state index contributed by atoms with van der Waals surface area (Å²) in [5.74, 6) is 0.708. The smallest absolute Gasteiger partial charge is 0.231 e. The lowest BCUT2D eigenvalue weighted by Gasteiger charge is -2.17. The fraction of sp³-hybridized carbons (Fsp3) is 0.259. The second-order valence-corrected chi connectivity index (χ2v) is 8.46. The van der Waals surface area contributed by atoms with Gasteiger partial charge in [-0.1, -0.05) is 54.6 Å². The number of rotatable bonds is 8. The molecule has 2 amide bonds. The van der Waals surface area contributed by atoms with Crippen molar-refractivity contribution in [2.45, 2.75) is 26.2 Å². The van der Waals surface area contributed by atoms with Gasteiger partial charge in [-0.25, -0.2) is 0 Å². The topological polar surface area (TPSA) is 77.1 Å². The van der Waals surface area contributed by atoms with Crippen LogP contribution in [0.15, 0.2) is 72.8 Å². The van der Waals surface area contributed by atoms with Gasteiger partial charge in [0.25, 0.3) is 0 Å². The Morgan fingerprint density at radius 3 is 2.41 bits per heavy atom. The first kappa shape index (κ1) is 22.0. The zero-order chi connectivity index (χ0) is 23.3. The van der Waals surface area contributed by atoms with Crippen LogP contribution in [-0.4, -0.2) is 25.2 Å². The van der Waals surface area contributed by atoms with E-state index in [0.717, 1.165) is 22.4 Å². The third kappa shape index (κ3) is 5.05. The first-order chi connectivity index (χ1) is 16.7. The molecule has 0 bridgehead atoms. The molecule has 0 saturated carbocycles. The van der Waals surface area contributed by atoms with Crippen LogP contribution in [0.25, 0.3) is 0 Å². The predicted molar refractivity (Wildman–Crippen MR) is 126 cm³/mol. The molecular formula is C27H26N2O5. The van der Waals surface area contributed by atoms with E-state index in [-0.39, 0.29) is 30.9 Å². The Labute approximate surface area is 198 Å². The number of nitrogens with zero attached hydrogens (tertiary/aromatic N) is 1. The molecule has 0 aliphatic carbocycles. The maximum absolute atomic E-state index is 12.7. The summed E-state index contributed by atoms with van der Waals surface area (Å²) in [6, 6.07) is 23.4. The highest BCUT2D eigenvalue weighted by Gasteiger charge is 2.35. The summed E-state index contributed by atoms with van der Waals surface area (Å²) in [5, 5.41) is 2.97. The highest BCUT2D eigenvalue weighted by Crippen LogP contribution is 2.37. The van der Waals surface area contributed by atoms with Crippen molar-refractivity contribution in [3.8, 4) is 11.5 Å². The molecule has 2 aliphatic heterocycles. The number of hydrogen-bond donors (Lipinski definition) is 1. The normalized spacial score (nSPS) is 16.6. The highest BCUT2D eigenvalue weighted by atomic mass is 16.7. The van der Waals surface area contributed by atoms with Crippen LogP contribution < -0.4 is 19.7 Å². The van der Waals surface area contributed by atoms with Gasteiger partial charge in [0.2, 0.25) is 18.6 Å². The van der Waals surface area contributed by atoms with Gasteiger partial charge in [-0.15, -0.1) is 0 Å². The van der Waals surface area contributed by atoms with E-state index < -0.39 is 0 Å². The van der Waals surface area contributed by atoms with Crippen molar-refractivity contribution in [2.75, 3.05) is 18.2 Å². The fourth-order valence-electron chi connectivity index (χ4n) is 4.13. The summed E-state index contributed by atoms with van der Waals surface area (Å²) >= 11 is 0. The van der Waals surface area contributed by atoms with Crippen molar-refractivity contribution in [3.63, 3.8) is 0 Å². The lowest BCUT2D eigenvalue weighted by molar-refractivity contribution is -0.126. The monoisotopic (exact) mass is 458 g/mol. The van der Waals surface area contributed by atoms with Gasteiger partial charge in [0.1, 0.15) is 0 Å². The van der Waals surface area contributed by atoms with Crippen molar-refractivity contribution < 1.29 is 23.8 Å². The molecule has 0 radical (unpaired) electrons. The molecule has 1 N–H and O–H groups in total. The van der Waals surface area contributed by atoms with E-state index in [0.29, 0.717) is 37.8 Å². The molecule has 174 valence electrons. The molecule has 1 saturated heterocycles. The zero-order valence-corrected chi connectivity index (χ0v) is 18.7. The minimum atomic E-state index is -0.386. The van der Waals surface area contributed by atoms with Gasteiger partial charge < -0.3 is 24.4 Å². The number of benzene rings is 3. The quantitative estimate of drug-likeness (QED) is 0.556. The number of carbonyl (C=O) groups is 2. The number of amides is 2. The first-order valence-corrected chi connectivity index (χ1v) is 11.3. The van der Waals surface area contributed by atoms with E-state index in [1.807, 2.05) is 60.7 Å². The average Bonchev–Trinajstić information content (AvgIpc) is 3.50. The average molecular weight is 459 g/mol. The molecule has 1 fully saturated rings. The lowest BCUT2D eigenvalue weighted by Crippen LogP contribution is -2.32. The van der Waals surface area contributed by atoms with E-state index in [1.54, 1.807) is 17.0 Å². The molecule has 0 spiro atoms. The van der Waals surface area contributed by atoms with Gasteiger partial charge in [-0.2, -0.15) is 0 Å². The zero-order valence-electron chi connectivity index (χ0n) is 18.7. The Hall–Kier alpha value is -3.84. The third-order valence-electron chi connectivity index (χ3n) is 6.03. The summed E-state index contributed by atoms with van der Waals surface area (Å²) in [5.41, 5.74) is 3.93. The number of hydrogen-bond acceptors (Lipinski definition) is 5. The minimum Gasteiger partial charge on any atom is -0.454 e. The molecule has 2 heterocycles. The van der Waals surface area contributed by atoms with E-state index in [4.69, 9.17) is 14.2 Å². The maximum Gasteiger partial charge on any atom is 0.231 e. The van der Waals surface area contributed by atoms with Crippen LogP contribution in [0, 0.1) is 5.92 Å². The highest BCUT2D eigenvalue weighted by molar-refractivity contribution is 6.00. The van der Waals surface area contributed by atoms with Crippen LogP contribution in [0.4, 0.5) is 5.69 Å². The molecule has 1 atom stereocenters. The van der Waals surface area contributed by atoms with Crippen LogP contribution >= 0.6 is 0 Å². The largest absolute Gasteiger partial charge is 0.454 e. The molecule has 3 aromatic carbocycles. The van der Waals surface area contributed by atoms with Crippen LogP contribution in [-0.2, 0) is 34.1 Å². The maximum atomic E-state index is 12.7. The Bertz CT molecular complexity index is 1160. The van der Waals surface area contributed by atoms with Crippen LogP contribution in [0.3, 0.4) is 0 Å². The second-order valence-electron chi connectivity index (χ2n) is 8.46. The molecular weight excluding hydrogens is 432 g/mol. The van der Waals surface area contributed by atoms with Gasteiger partial charge in [-0.05, 0) is 28.8 Å². The van der Waals surface area contributed by atoms with Crippen molar-refractivity contribution in [1.82, 2.24) is 5.32 Å². The molecule has 7 nitrogen and oxygen atoms in total. The standard InChI is InChI=1S/C27H26N2O5/c30-26-12-22(15-29(26)23-10-11-24-25(13-23)34-18-33-24)27(31)28-14-19-6-8-21(9-7-19)17-32-16-20-4-2-1-3-5-20/h1-11,13,22H,12,14-18H2,(H,28,31). The van der Waals surface area contributed by atoms with Gasteiger partial charge in [-0.3, -0.25) is 9.59 Å². The van der Waals surface area contributed by atoms with Crippen LogP contribution in [0.1, 0.15) is 23.1 Å². The van der Waals surface area contributed by atoms with Crippen LogP contribution in [0.5, 0.6) is 11.5 Å². The fourth-order valence-corrected chi connectivity index (χ4v) is 4.13. The molecule has 1 unspecified atom stereocenters. The number of nitrogens with one attached hydrogen (secondary N) is 1. The minimum absolute atomic E-state index is 0.0705. The Morgan fingerprint density at radius 1 is 0.912 bits per heavy atom. The number of ether oxygens (including phenoxy) is 3. The van der Waals surface area contributed by atoms with E-state index in [2.05, 4.69) is 5.32 Å². The number of anilines is 1. The van der Waals surface area contributed by atoms with Gasteiger partial charge in [0.15, 0.2) is 11.5 Å². The van der Waals surface area contributed by atoms with Crippen molar-refractivity contribution in [2.24, 2.45) is 5.92 Å². The lowest BCUT2D eigenvalue weighted by atomic mass is 10.1. The van der Waals surface area contributed by atoms with Crippen molar-refractivity contribution in [3.05, 3.63) is 89.5 Å². The summed E-state index contributed by atoms with van der Waals surface area (Å²) in [4.78, 5) is 26.9. The van der Waals surface area contributed by atoms with Gasteiger partial charge in [0.05, 0.1) is 19.1 Å². The van der Waals surface area contributed by atoms with E-state index in [9.17, 15) is 9.59 Å². The number of carbonyl (C=O) groups excluding carboxylic acids is 2. The summed E-state index contributed by atoms with van der Waals surface area (Å²) < 4.78 is 16.5. The molecule has 34 heavy (non-hydrogen) atoms. The molecule has 5 rings (SSSR count). The predicted octanol–water partition coefficient (Wildman–Crippen LogP) is 3.80. The summed E-state index contributed by atoms with van der Waals surface area (Å²) in [6.07, 6.45) is 0.192. The number of fused-ring (bicyclic) bond motifs is 1. The summed E-state index contributed by atoms with van der Waals surface area (Å²) in [7, 11) is 0. The Morgan fingerprint density at radius 2 is 1.62 bits per heavy atom. The van der Waals surface area contributed by atoms with Crippen LogP contribution in [0.2, 0.25) is 0 Å². The Balaban J connectivity index is 1.09. The molecule has 7 heteroatoms. The summed E-state index contributed by atoms with van der Waals surface area (Å²) in [6.45, 7) is 2.05. The first-order valence-electron chi connectivity index (χ1n) is 11.3. The molecule has 0 aromatic heterocycles. The second kappa shape index (κ2) is 9.97. The van der Waals surface area contributed by atoms with E-state index >= 15 is 0 Å². The molecule has 3 aromatic rings. The van der Waals surface area contributed by atoms with Crippen molar-refractivity contribution >= 4 is 17.5 Å². The SMILES string of the molecule is O=C(NCc1ccc(COCc2ccccc2)cc1)C1CC(=O)N(c2ccc3c(c2)OCO3)C1. The van der Waals surface area contributed by atoms with Gasteiger partial charge in [0, 0.05) is 31.3 Å². The third-order valence-corrected chi connectivity index (χ3v) is 6.03.